The molecule has 1 atom stereocenters. The van der Waals surface area contributed by atoms with Crippen LogP contribution in [0.3, 0.4) is 0 Å². The van der Waals surface area contributed by atoms with Gasteiger partial charge < -0.3 is 0 Å². The summed E-state index contributed by atoms with van der Waals surface area (Å²) in [5, 5.41) is 0. The van der Waals surface area contributed by atoms with Gasteiger partial charge in [0.15, 0.2) is 0 Å². The number of benzene rings is 1. The van der Waals surface area contributed by atoms with Gasteiger partial charge in [0.1, 0.15) is 5.82 Å². The Bertz CT molecular complexity index is 397. The van der Waals surface area contributed by atoms with Crippen LogP contribution in [-0.4, -0.2) is 0 Å². The van der Waals surface area contributed by atoms with Gasteiger partial charge in [0.05, 0.1) is 0 Å². The Balaban J connectivity index is 2.03. The van der Waals surface area contributed by atoms with Gasteiger partial charge in [0.25, 0.3) is 0 Å². The molecule has 3 heteroatoms. The number of hydrogen-bond acceptors (Lipinski definition) is 2. The second-order valence-electron chi connectivity index (χ2n) is 6.12. The average Bonchev–Trinajstić information content (AvgIpc) is 2.40. The second-order valence-corrected chi connectivity index (χ2v) is 6.12. The fourth-order valence-electron chi connectivity index (χ4n) is 3.35. The fourth-order valence-corrected chi connectivity index (χ4v) is 3.35. The fraction of sp³-hybridized carbons (Fsp3) is 0.625. The number of hydrogen-bond donors (Lipinski definition) is 2. The largest absolute Gasteiger partial charge is 0.271 e. The first kappa shape index (κ1) is 14.5. The number of halogens is 1. The highest BCUT2D eigenvalue weighted by Crippen LogP contribution is 2.39. The van der Waals surface area contributed by atoms with E-state index in [9.17, 15) is 4.39 Å². The minimum Gasteiger partial charge on any atom is -0.271 e. The Hall–Kier alpha value is -0.930. The minimum absolute atomic E-state index is 0.0730. The van der Waals surface area contributed by atoms with Gasteiger partial charge in [0.2, 0.25) is 0 Å². The third-order valence-electron chi connectivity index (χ3n) is 4.62. The Kier molecular flexibility index (Phi) is 4.94. The van der Waals surface area contributed by atoms with E-state index < -0.39 is 0 Å². The molecule has 3 N–H and O–H groups in total. The van der Waals surface area contributed by atoms with Crippen LogP contribution < -0.4 is 11.3 Å². The van der Waals surface area contributed by atoms with Crippen LogP contribution in [0.25, 0.3) is 0 Å². The molecule has 0 heterocycles. The standard InChI is InChI=1S/C16H25FN2/c1-11(2)12-6-8-13(9-7-12)16(19-18)14-4-3-5-15(17)10-14/h3-5,10-13,16,19H,6-9,18H2,1-2H3. The van der Waals surface area contributed by atoms with E-state index in [0.717, 1.165) is 17.4 Å². The molecule has 106 valence electrons. The molecule has 0 amide bonds. The maximum atomic E-state index is 13.3. The molecule has 1 aromatic rings. The Morgan fingerprint density at radius 3 is 2.32 bits per heavy atom. The maximum Gasteiger partial charge on any atom is 0.123 e. The van der Waals surface area contributed by atoms with E-state index >= 15 is 0 Å². The van der Waals surface area contributed by atoms with E-state index in [2.05, 4.69) is 19.3 Å². The predicted octanol–water partition coefficient (Wildman–Crippen LogP) is 3.79. The van der Waals surface area contributed by atoms with Crippen molar-refractivity contribution in [2.75, 3.05) is 0 Å². The van der Waals surface area contributed by atoms with Gasteiger partial charge in [-0.3, -0.25) is 11.3 Å². The summed E-state index contributed by atoms with van der Waals surface area (Å²) in [6, 6.07) is 6.87. The molecule has 2 rings (SSSR count). The summed E-state index contributed by atoms with van der Waals surface area (Å²) in [7, 11) is 0. The third kappa shape index (κ3) is 3.54. The number of hydrazine groups is 1. The van der Waals surface area contributed by atoms with Gasteiger partial charge in [0, 0.05) is 6.04 Å². The van der Waals surface area contributed by atoms with Crippen LogP contribution in [0.1, 0.15) is 51.1 Å². The molecular weight excluding hydrogens is 239 g/mol. The van der Waals surface area contributed by atoms with Crippen molar-refractivity contribution in [1.82, 2.24) is 5.43 Å². The van der Waals surface area contributed by atoms with Gasteiger partial charge in [-0.25, -0.2) is 4.39 Å². The highest BCUT2D eigenvalue weighted by atomic mass is 19.1. The number of rotatable bonds is 4. The molecule has 1 aliphatic carbocycles. The molecule has 0 bridgehead atoms. The van der Waals surface area contributed by atoms with Crippen LogP contribution in [0.2, 0.25) is 0 Å². The monoisotopic (exact) mass is 264 g/mol. The van der Waals surface area contributed by atoms with Gasteiger partial charge in [-0.05, 0) is 61.1 Å². The maximum absolute atomic E-state index is 13.3. The molecule has 1 aliphatic rings. The lowest BCUT2D eigenvalue weighted by Crippen LogP contribution is -2.35. The summed E-state index contributed by atoms with van der Waals surface area (Å²) in [6.45, 7) is 4.60. The zero-order chi connectivity index (χ0) is 13.8. The van der Waals surface area contributed by atoms with Crippen LogP contribution in [0.4, 0.5) is 4.39 Å². The Morgan fingerprint density at radius 2 is 1.79 bits per heavy atom. The van der Waals surface area contributed by atoms with Crippen molar-refractivity contribution >= 4 is 0 Å². The molecule has 19 heavy (non-hydrogen) atoms. The summed E-state index contributed by atoms with van der Waals surface area (Å²) < 4.78 is 13.3. The van der Waals surface area contributed by atoms with Gasteiger partial charge >= 0.3 is 0 Å². The quantitative estimate of drug-likeness (QED) is 0.641. The lowest BCUT2D eigenvalue weighted by molar-refractivity contribution is 0.189. The molecule has 1 fully saturated rings. The third-order valence-corrected chi connectivity index (χ3v) is 4.62. The predicted molar refractivity (Wildman–Crippen MR) is 76.8 cm³/mol. The summed E-state index contributed by atoms with van der Waals surface area (Å²) >= 11 is 0. The molecule has 0 spiro atoms. The van der Waals surface area contributed by atoms with Crippen molar-refractivity contribution in [3.05, 3.63) is 35.6 Å². The van der Waals surface area contributed by atoms with Crippen LogP contribution in [0, 0.1) is 23.6 Å². The molecule has 1 unspecified atom stereocenters. The smallest absolute Gasteiger partial charge is 0.123 e. The topological polar surface area (TPSA) is 38.0 Å². The SMILES string of the molecule is CC(C)C1CCC(C(NN)c2cccc(F)c2)CC1. The lowest BCUT2D eigenvalue weighted by Gasteiger charge is -2.35. The van der Waals surface area contributed by atoms with Crippen LogP contribution >= 0.6 is 0 Å². The summed E-state index contributed by atoms with van der Waals surface area (Å²) in [4.78, 5) is 0. The summed E-state index contributed by atoms with van der Waals surface area (Å²) in [5.74, 6) is 7.64. The van der Waals surface area contributed by atoms with Crippen molar-refractivity contribution in [2.45, 2.75) is 45.6 Å². The van der Waals surface area contributed by atoms with Crippen molar-refractivity contribution in [1.29, 1.82) is 0 Å². The Morgan fingerprint density at radius 1 is 1.16 bits per heavy atom. The molecule has 1 saturated carbocycles. The van der Waals surface area contributed by atoms with E-state index in [4.69, 9.17) is 5.84 Å². The normalized spacial score (nSPS) is 25.5. The van der Waals surface area contributed by atoms with Crippen LogP contribution in [0.5, 0.6) is 0 Å². The first-order valence-corrected chi connectivity index (χ1v) is 7.33. The zero-order valence-electron chi connectivity index (χ0n) is 11.9. The highest BCUT2D eigenvalue weighted by Gasteiger charge is 2.29. The first-order valence-electron chi connectivity index (χ1n) is 7.33. The summed E-state index contributed by atoms with van der Waals surface area (Å²) in [5.41, 5.74) is 3.86. The summed E-state index contributed by atoms with van der Waals surface area (Å²) in [6.07, 6.45) is 4.87. The highest BCUT2D eigenvalue weighted by molar-refractivity contribution is 5.21. The minimum atomic E-state index is -0.186. The van der Waals surface area contributed by atoms with Crippen molar-refractivity contribution in [3.8, 4) is 0 Å². The lowest BCUT2D eigenvalue weighted by atomic mass is 9.73. The van der Waals surface area contributed by atoms with Crippen LogP contribution in [0.15, 0.2) is 24.3 Å². The van der Waals surface area contributed by atoms with E-state index in [1.54, 1.807) is 12.1 Å². The van der Waals surface area contributed by atoms with E-state index in [1.165, 1.54) is 31.7 Å². The van der Waals surface area contributed by atoms with E-state index in [-0.39, 0.29) is 11.9 Å². The number of nitrogens with two attached hydrogens (primary N) is 1. The van der Waals surface area contributed by atoms with E-state index in [0.29, 0.717) is 5.92 Å². The van der Waals surface area contributed by atoms with Crippen molar-refractivity contribution < 1.29 is 4.39 Å². The number of nitrogens with one attached hydrogen (secondary N) is 1. The zero-order valence-corrected chi connectivity index (χ0v) is 11.9. The molecular formula is C16H25FN2. The molecule has 0 radical (unpaired) electrons. The second kappa shape index (κ2) is 6.49. The molecule has 0 saturated heterocycles. The first-order chi connectivity index (χ1) is 9.11. The van der Waals surface area contributed by atoms with Crippen molar-refractivity contribution in [3.63, 3.8) is 0 Å². The van der Waals surface area contributed by atoms with E-state index in [1.807, 2.05) is 6.07 Å². The molecule has 0 aromatic heterocycles. The molecule has 0 aliphatic heterocycles. The van der Waals surface area contributed by atoms with Crippen molar-refractivity contribution in [2.24, 2.45) is 23.6 Å². The average molecular weight is 264 g/mol. The molecule has 2 nitrogen and oxygen atoms in total. The van der Waals surface area contributed by atoms with Crippen LogP contribution in [-0.2, 0) is 0 Å². The van der Waals surface area contributed by atoms with Gasteiger partial charge in [-0.15, -0.1) is 0 Å². The van der Waals surface area contributed by atoms with Gasteiger partial charge in [-0.2, -0.15) is 0 Å². The van der Waals surface area contributed by atoms with Gasteiger partial charge in [-0.1, -0.05) is 26.0 Å². The molecule has 1 aromatic carbocycles. The Labute approximate surface area is 115 Å².